The number of amides is 2. The number of carboxylic acids is 1. The number of thioether (sulfide) groups is 1. The molecular weight excluding hydrogens is 400 g/mol. The first kappa shape index (κ1) is 14.7. The maximum Gasteiger partial charge on any atom is 0.327 e. The first-order valence-corrected chi connectivity index (χ1v) is 8.07. The van der Waals surface area contributed by atoms with Crippen LogP contribution in [0.15, 0.2) is 27.1 Å². The first-order chi connectivity index (χ1) is 9.00. The van der Waals surface area contributed by atoms with Crippen molar-refractivity contribution in [2.45, 2.75) is 6.04 Å². The summed E-state index contributed by atoms with van der Waals surface area (Å²) in [6, 6.07) is 4.24. The number of para-hydroxylation sites is 1. The summed E-state index contributed by atoms with van der Waals surface area (Å²) in [4.78, 5) is 24.5. The molecule has 1 unspecified atom stereocenters. The number of nitrogens with zero attached hydrogens (tertiary/aromatic N) is 1. The van der Waals surface area contributed by atoms with Crippen molar-refractivity contribution in [2.24, 2.45) is 0 Å². The number of urea groups is 1. The fourth-order valence-corrected chi connectivity index (χ4v) is 3.99. The van der Waals surface area contributed by atoms with Crippen molar-refractivity contribution in [3.8, 4) is 0 Å². The van der Waals surface area contributed by atoms with E-state index in [1.165, 1.54) is 16.7 Å². The number of carboxylic acid groups (broad SMARTS) is 1. The van der Waals surface area contributed by atoms with Gasteiger partial charge in [-0.1, -0.05) is 6.07 Å². The molecule has 102 valence electrons. The highest BCUT2D eigenvalue weighted by atomic mass is 79.9. The van der Waals surface area contributed by atoms with Gasteiger partial charge in [0.2, 0.25) is 0 Å². The SMILES string of the molecule is O=C(O)C1CSCN1C(=O)Nc1c(Br)cccc1Br. The lowest BCUT2D eigenvalue weighted by Crippen LogP contribution is -2.44. The quantitative estimate of drug-likeness (QED) is 0.786. The van der Waals surface area contributed by atoms with Gasteiger partial charge in [0.1, 0.15) is 6.04 Å². The Kier molecular flexibility index (Phi) is 4.75. The Morgan fingerprint density at radius 1 is 1.37 bits per heavy atom. The highest BCUT2D eigenvalue weighted by Gasteiger charge is 2.34. The second-order valence-electron chi connectivity index (χ2n) is 3.85. The van der Waals surface area contributed by atoms with Gasteiger partial charge in [0.05, 0.1) is 11.6 Å². The van der Waals surface area contributed by atoms with Crippen LogP contribution in [0, 0.1) is 0 Å². The Bertz CT molecular complexity index is 506. The normalized spacial score (nSPS) is 18.4. The highest BCUT2D eigenvalue weighted by molar-refractivity contribution is 9.11. The van der Waals surface area contributed by atoms with E-state index in [4.69, 9.17) is 5.11 Å². The fraction of sp³-hybridized carbons (Fsp3) is 0.273. The van der Waals surface area contributed by atoms with Crippen molar-refractivity contribution in [1.29, 1.82) is 0 Å². The van der Waals surface area contributed by atoms with Crippen molar-refractivity contribution in [3.63, 3.8) is 0 Å². The van der Waals surface area contributed by atoms with E-state index in [0.29, 0.717) is 17.3 Å². The lowest BCUT2D eigenvalue weighted by molar-refractivity contribution is -0.140. The van der Waals surface area contributed by atoms with Gasteiger partial charge in [0.25, 0.3) is 0 Å². The van der Waals surface area contributed by atoms with Crippen LogP contribution in [-0.2, 0) is 4.79 Å². The lowest BCUT2D eigenvalue weighted by Gasteiger charge is -2.21. The molecule has 0 aliphatic carbocycles. The molecule has 0 spiro atoms. The standard InChI is InChI=1S/C11H10Br2N2O3S/c12-6-2-1-3-7(13)9(6)14-11(18)15-5-19-4-8(15)10(16)17/h1-3,8H,4-5H2,(H,14,18)(H,16,17). The van der Waals surface area contributed by atoms with Gasteiger partial charge in [0, 0.05) is 14.7 Å². The van der Waals surface area contributed by atoms with Gasteiger partial charge < -0.3 is 15.3 Å². The number of halogens is 2. The number of carbonyl (C=O) groups is 2. The van der Waals surface area contributed by atoms with E-state index < -0.39 is 18.0 Å². The second-order valence-corrected chi connectivity index (χ2v) is 6.56. The number of rotatable bonds is 2. The Hall–Kier alpha value is -0.730. The molecule has 2 N–H and O–H groups in total. The van der Waals surface area contributed by atoms with Crippen LogP contribution < -0.4 is 5.32 Å². The number of benzene rings is 1. The van der Waals surface area contributed by atoms with Gasteiger partial charge in [-0.05, 0) is 44.0 Å². The molecule has 1 aromatic rings. The van der Waals surface area contributed by atoms with E-state index in [9.17, 15) is 9.59 Å². The molecule has 1 aromatic carbocycles. The third-order valence-electron chi connectivity index (χ3n) is 2.62. The van der Waals surface area contributed by atoms with Crippen molar-refractivity contribution in [3.05, 3.63) is 27.1 Å². The van der Waals surface area contributed by atoms with E-state index in [1.807, 2.05) is 6.07 Å². The third-order valence-corrected chi connectivity index (χ3v) is 4.96. The van der Waals surface area contributed by atoms with Gasteiger partial charge in [0.15, 0.2) is 0 Å². The van der Waals surface area contributed by atoms with Gasteiger partial charge in [-0.3, -0.25) is 0 Å². The molecule has 5 nitrogen and oxygen atoms in total. The molecule has 1 aliphatic heterocycles. The molecule has 1 heterocycles. The minimum atomic E-state index is -0.980. The van der Waals surface area contributed by atoms with Crippen LogP contribution in [0.2, 0.25) is 0 Å². The number of hydrogen-bond acceptors (Lipinski definition) is 3. The monoisotopic (exact) mass is 408 g/mol. The summed E-state index contributed by atoms with van der Waals surface area (Å²) in [6.45, 7) is 0. The van der Waals surface area contributed by atoms with Crippen LogP contribution in [0.25, 0.3) is 0 Å². The predicted molar refractivity (Wildman–Crippen MR) is 81.4 cm³/mol. The molecule has 0 bridgehead atoms. The maximum atomic E-state index is 12.1. The van der Waals surface area contributed by atoms with E-state index >= 15 is 0 Å². The summed E-state index contributed by atoms with van der Waals surface area (Å²) >= 11 is 8.11. The average Bonchev–Trinajstić information content (AvgIpc) is 2.83. The Morgan fingerprint density at radius 2 is 2.00 bits per heavy atom. The second kappa shape index (κ2) is 6.15. The number of anilines is 1. The van der Waals surface area contributed by atoms with E-state index in [2.05, 4.69) is 37.2 Å². The molecular formula is C11H10Br2N2O3S. The van der Waals surface area contributed by atoms with Crippen LogP contribution >= 0.6 is 43.6 Å². The molecule has 1 saturated heterocycles. The Balaban J connectivity index is 2.15. The van der Waals surface area contributed by atoms with Crippen LogP contribution in [0.1, 0.15) is 0 Å². The molecule has 2 rings (SSSR count). The zero-order valence-corrected chi connectivity index (χ0v) is 13.6. The van der Waals surface area contributed by atoms with Crippen LogP contribution in [-0.4, -0.2) is 39.7 Å². The van der Waals surface area contributed by atoms with Crippen LogP contribution in [0.5, 0.6) is 0 Å². The molecule has 1 atom stereocenters. The predicted octanol–water partition coefficient (Wildman–Crippen LogP) is 3.20. The number of hydrogen-bond donors (Lipinski definition) is 2. The van der Waals surface area contributed by atoms with Crippen molar-refractivity contribution < 1.29 is 14.7 Å². The zero-order valence-electron chi connectivity index (χ0n) is 9.60. The number of aliphatic carboxylic acids is 1. The molecule has 2 amide bonds. The minimum Gasteiger partial charge on any atom is -0.480 e. The van der Waals surface area contributed by atoms with Gasteiger partial charge in [-0.25, -0.2) is 9.59 Å². The number of carbonyl (C=O) groups excluding carboxylic acids is 1. The molecule has 0 aromatic heterocycles. The maximum absolute atomic E-state index is 12.1. The van der Waals surface area contributed by atoms with Crippen LogP contribution in [0.3, 0.4) is 0 Å². The summed E-state index contributed by atoms with van der Waals surface area (Å²) < 4.78 is 1.46. The van der Waals surface area contributed by atoms with Crippen LogP contribution in [0.4, 0.5) is 10.5 Å². The van der Waals surface area contributed by atoms with Gasteiger partial charge in [-0.2, -0.15) is 0 Å². The highest BCUT2D eigenvalue weighted by Crippen LogP contribution is 2.31. The van der Waals surface area contributed by atoms with Crippen molar-refractivity contribution in [1.82, 2.24) is 4.90 Å². The lowest BCUT2D eigenvalue weighted by atomic mass is 10.3. The molecule has 19 heavy (non-hydrogen) atoms. The zero-order chi connectivity index (χ0) is 14.0. The largest absolute Gasteiger partial charge is 0.480 e. The summed E-state index contributed by atoms with van der Waals surface area (Å²) in [5.41, 5.74) is 0.591. The summed E-state index contributed by atoms with van der Waals surface area (Å²) in [5, 5.41) is 11.8. The topological polar surface area (TPSA) is 69.6 Å². The smallest absolute Gasteiger partial charge is 0.327 e. The molecule has 1 fully saturated rings. The van der Waals surface area contributed by atoms with Crippen molar-refractivity contribution >= 4 is 61.3 Å². The fourth-order valence-electron chi connectivity index (χ4n) is 1.64. The van der Waals surface area contributed by atoms with E-state index in [1.54, 1.807) is 12.1 Å². The average molecular weight is 410 g/mol. The minimum absolute atomic E-state index is 0.380. The molecule has 1 aliphatic rings. The Labute approximate surface area is 131 Å². The summed E-state index contributed by atoms with van der Waals surface area (Å²) in [5.74, 6) is -0.184. The Morgan fingerprint density at radius 3 is 2.58 bits per heavy atom. The first-order valence-electron chi connectivity index (χ1n) is 5.33. The van der Waals surface area contributed by atoms with Gasteiger partial charge >= 0.3 is 12.0 Å². The number of nitrogens with one attached hydrogen (secondary N) is 1. The summed E-state index contributed by atoms with van der Waals surface area (Å²) in [6.07, 6.45) is 0. The molecule has 0 saturated carbocycles. The molecule has 0 radical (unpaired) electrons. The van der Waals surface area contributed by atoms with E-state index in [0.717, 1.165) is 8.95 Å². The van der Waals surface area contributed by atoms with Crippen molar-refractivity contribution in [2.75, 3.05) is 16.9 Å². The summed E-state index contributed by atoms with van der Waals surface area (Å²) in [7, 11) is 0. The van der Waals surface area contributed by atoms with E-state index in [-0.39, 0.29) is 0 Å². The van der Waals surface area contributed by atoms with Gasteiger partial charge in [-0.15, -0.1) is 11.8 Å². The third kappa shape index (κ3) is 3.24. The molecule has 8 heteroatoms.